The molecule has 2 aromatic carbocycles. The van der Waals surface area contributed by atoms with Crippen molar-refractivity contribution in [1.82, 2.24) is 5.43 Å². The number of carboxylic acids is 1. The van der Waals surface area contributed by atoms with Gasteiger partial charge in [0.05, 0.1) is 20.4 Å². The van der Waals surface area contributed by atoms with E-state index in [1.165, 1.54) is 20.4 Å². The van der Waals surface area contributed by atoms with Crippen LogP contribution in [-0.2, 0) is 0 Å². The molecule has 0 aliphatic rings. The molecule has 0 heterocycles. The van der Waals surface area contributed by atoms with Crippen molar-refractivity contribution in [1.29, 1.82) is 0 Å². The van der Waals surface area contributed by atoms with Crippen LogP contribution in [0.3, 0.4) is 0 Å². The lowest BCUT2D eigenvalue weighted by Gasteiger charge is -2.13. The summed E-state index contributed by atoms with van der Waals surface area (Å²) in [5, 5.41) is 16.9. The van der Waals surface area contributed by atoms with Gasteiger partial charge in [-0.2, -0.15) is 5.10 Å². The van der Waals surface area contributed by atoms with Gasteiger partial charge in [-0.15, -0.1) is 0 Å². The van der Waals surface area contributed by atoms with Gasteiger partial charge in [0.1, 0.15) is 5.56 Å². The summed E-state index contributed by atoms with van der Waals surface area (Å²) in [7, 11) is 2.82. The molecule has 3 N–H and O–H groups in total. The zero-order valence-corrected chi connectivity index (χ0v) is 16.3. The molecule has 8 heteroatoms. The first-order valence-corrected chi connectivity index (χ1v) is 8.44. The molecule has 0 aliphatic heterocycles. The molecule has 0 aromatic heterocycles. The molecule has 7 nitrogen and oxygen atoms in total. The Bertz CT molecular complexity index is 897. The molecule has 0 spiro atoms. The Hall–Kier alpha value is -3.13. The number of methoxy groups -OCH3 is 2. The monoisotopic (exact) mass is 387 g/mol. The Morgan fingerprint density at radius 1 is 1.19 bits per heavy atom. The molecule has 0 aliphatic carbocycles. The number of hydrogen-bond donors (Lipinski definition) is 3. The van der Waals surface area contributed by atoms with E-state index < -0.39 is 5.97 Å². The third-order valence-corrected chi connectivity index (χ3v) is 4.21. The first kappa shape index (κ1) is 20.2. The third kappa shape index (κ3) is 4.73. The highest BCUT2D eigenvalue weighted by atomic mass is 32.1. The highest BCUT2D eigenvalue weighted by Crippen LogP contribution is 2.32. The van der Waals surface area contributed by atoms with Crippen molar-refractivity contribution in [2.24, 2.45) is 5.10 Å². The van der Waals surface area contributed by atoms with Crippen molar-refractivity contribution in [2.45, 2.75) is 13.8 Å². The molecule has 2 aromatic rings. The fourth-order valence-corrected chi connectivity index (χ4v) is 2.63. The molecular formula is C19H21N3O4S. The molecule has 0 radical (unpaired) electrons. The van der Waals surface area contributed by atoms with Crippen LogP contribution in [0.25, 0.3) is 0 Å². The van der Waals surface area contributed by atoms with E-state index in [0.29, 0.717) is 11.3 Å². The highest BCUT2D eigenvalue weighted by Gasteiger charge is 2.20. The van der Waals surface area contributed by atoms with Crippen LogP contribution >= 0.6 is 12.2 Å². The molecule has 0 unspecified atom stereocenters. The van der Waals surface area contributed by atoms with Crippen LogP contribution in [0.4, 0.5) is 5.69 Å². The number of nitrogens with one attached hydrogen (secondary N) is 2. The number of hydrogen-bond acceptors (Lipinski definition) is 5. The topological polar surface area (TPSA) is 92.2 Å². The number of benzene rings is 2. The van der Waals surface area contributed by atoms with E-state index in [4.69, 9.17) is 21.7 Å². The zero-order chi connectivity index (χ0) is 20.0. The molecule has 0 saturated carbocycles. The van der Waals surface area contributed by atoms with Gasteiger partial charge in [-0.25, -0.2) is 4.79 Å². The Morgan fingerprint density at radius 2 is 1.93 bits per heavy atom. The van der Waals surface area contributed by atoms with Gasteiger partial charge in [-0.1, -0.05) is 12.1 Å². The summed E-state index contributed by atoms with van der Waals surface area (Å²) in [6, 6.07) is 9.05. The van der Waals surface area contributed by atoms with Crippen LogP contribution in [0.1, 0.15) is 27.0 Å². The zero-order valence-electron chi connectivity index (χ0n) is 15.5. The van der Waals surface area contributed by atoms with E-state index in [1.54, 1.807) is 12.1 Å². The molecule has 0 saturated heterocycles. The Morgan fingerprint density at radius 3 is 2.56 bits per heavy atom. The molecule has 2 rings (SSSR count). The number of ether oxygens (including phenoxy) is 2. The summed E-state index contributed by atoms with van der Waals surface area (Å²) >= 11 is 5.23. The number of anilines is 1. The summed E-state index contributed by atoms with van der Waals surface area (Å²) in [4.78, 5) is 11.6. The van der Waals surface area contributed by atoms with Crippen LogP contribution in [0.15, 0.2) is 35.4 Å². The predicted molar refractivity (Wildman–Crippen MR) is 109 cm³/mol. The minimum Gasteiger partial charge on any atom is -0.493 e. The van der Waals surface area contributed by atoms with Gasteiger partial charge in [0.2, 0.25) is 0 Å². The van der Waals surface area contributed by atoms with Crippen molar-refractivity contribution >= 4 is 35.2 Å². The number of aromatic carboxylic acids is 1. The van der Waals surface area contributed by atoms with E-state index in [1.807, 2.05) is 32.0 Å². The Balaban J connectivity index is 2.17. The number of aryl methyl sites for hydroxylation is 1. The molecule has 0 atom stereocenters. The number of carboxylic acid groups (broad SMARTS) is 1. The van der Waals surface area contributed by atoms with Crippen LogP contribution in [-0.4, -0.2) is 36.6 Å². The van der Waals surface area contributed by atoms with E-state index in [2.05, 4.69) is 15.8 Å². The summed E-state index contributed by atoms with van der Waals surface area (Å²) < 4.78 is 10.3. The van der Waals surface area contributed by atoms with Crippen LogP contribution in [0.2, 0.25) is 0 Å². The maximum atomic E-state index is 11.6. The van der Waals surface area contributed by atoms with Gasteiger partial charge in [-0.05, 0) is 55.4 Å². The fourth-order valence-electron chi connectivity index (χ4n) is 2.47. The number of carbonyl (C=O) groups is 1. The van der Waals surface area contributed by atoms with Gasteiger partial charge in [-0.3, -0.25) is 5.43 Å². The Kier molecular flexibility index (Phi) is 6.73. The molecule has 0 amide bonds. The van der Waals surface area contributed by atoms with Crippen LogP contribution < -0.4 is 20.2 Å². The Labute approximate surface area is 163 Å². The second kappa shape index (κ2) is 9.00. The standard InChI is InChI=1S/C19H21N3O4S/c1-11-6-5-7-14(12(11)2)21-19(27)22-20-10-13-8-9-15(25-3)17(26-4)16(13)18(23)24/h5-10H,1-4H3,(H,23,24)(H2,21,22,27)/b20-10-. The minimum absolute atomic E-state index is 0.0455. The molecule has 0 fully saturated rings. The summed E-state index contributed by atoms with van der Waals surface area (Å²) in [5.74, 6) is -0.694. The van der Waals surface area contributed by atoms with Crippen molar-refractivity contribution in [2.75, 3.05) is 19.5 Å². The summed E-state index contributed by atoms with van der Waals surface area (Å²) in [5.41, 5.74) is 6.09. The first-order valence-electron chi connectivity index (χ1n) is 8.03. The van der Waals surface area contributed by atoms with Crippen LogP contribution in [0, 0.1) is 13.8 Å². The predicted octanol–water partition coefficient (Wildman–Crippen LogP) is 3.34. The molecule has 27 heavy (non-hydrogen) atoms. The number of rotatable bonds is 6. The average Bonchev–Trinajstić information content (AvgIpc) is 2.64. The number of hydrazone groups is 1. The third-order valence-electron chi connectivity index (χ3n) is 4.01. The van der Waals surface area contributed by atoms with Gasteiger partial charge >= 0.3 is 5.97 Å². The van der Waals surface area contributed by atoms with Crippen molar-refractivity contribution in [3.05, 3.63) is 52.6 Å². The normalized spacial score (nSPS) is 10.5. The van der Waals surface area contributed by atoms with Gasteiger partial charge in [0, 0.05) is 11.3 Å². The summed E-state index contributed by atoms with van der Waals surface area (Å²) in [6.45, 7) is 4.01. The summed E-state index contributed by atoms with van der Waals surface area (Å²) in [6.07, 6.45) is 1.36. The lowest BCUT2D eigenvalue weighted by atomic mass is 10.1. The van der Waals surface area contributed by atoms with Crippen LogP contribution in [0.5, 0.6) is 11.5 Å². The second-order valence-corrected chi connectivity index (χ2v) is 6.05. The minimum atomic E-state index is -1.15. The van der Waals surface area contributed by atoms with E-state index in [9.17, 15) is 9.90 Å². The lowest BCUT2D eigenvalue weighted by molar-refractivity contribution is 0.0692. The van der Waals surface area contributed by atoms with Crippen molar-refractivity contribution in [3.63, 3.8) is 0 Å². The maximum absolute atomic E-state index is 11.6. The van der Waals surface area contributed by atoms with Gasteiger partial charge in [0.25, 0.3) is 0 Å². The molecule has 142 valence electrons. The maximum Gasteiger partial charge on any atom is 0.340 e. The van der Waals surface area contributed by atoms with E-state index in [0.717, 1.165) is 16.8 Å². The largest absolute Gasteiger partial charge is 0.493 e. The SMILES string of the molecule is COc1ccc(/C=N\NC(=S)Nc2cccc(C)c2C)c(C(=O)O)c1OC. The van der Waals surface area contributed by atoms with Crippen molar-refractivity contribution in [3.8, 4) is 11.5 Å². The van der Waals surface area contributed by atoms with Gasteiger partial charge < -0.3 is 19.9 Å². The fraction of sp³-hybridized carbons (Fsp3) is 0.211. The average molecular weight is 387 g/mol. The van der Waals surface area contributed by atoms with E-state index in [-0.39, 0.29) is 16.4 Å². The smallest absolute Gasteiger partial charge is 0.340 e. The van der Waals surface area contributed by atoms with E-state index >= 15 is 0 Å². The second-order valence-electron chi connectivity index (χ2n) is 5.64. The first-order chi connectivity index (χ1) is 12.9. The lowest BCUT2D eigenvalue weighted by Crippen LogP contribution is -2.24. The molecule has 0 bridgehead atoms. The quantitative estimate of drug-likeness (QED) is 0.398. The number of nitrogens with zero attached hydrogens (tertiary/aromatic N) is 1. The highest BCUT2D eigenvalue weighted by molar-refractivity contribution is 7.80. The number of thiocarbonyl (C=S) groups is 1. The van der Waals surface area contributed by atoms with Gasteiger partial charge in [0.15, 0.2) is 16.6 Å². The molecular weight excluding hydrogens is 366 g/mol. The van der Waals surface area contributed by atoms with Crippen molar-refractivity contribution < 1.29 is 19.4 Å².